The fraction of sp³-hybridized carbons (Fsp3) is 0.680. The lowest BCUT2D eigenvalue weighted by Crippen LogP contribution is -2.62. The Morgan fingerprint density at radius 3 is 2.53 bits per heavy atom. The predicted octanol–water partition coefficient (Wildman–Crippen LogP) is 2.33. The fourth-order valence-corrected chi connectivity index (χ4v) is 6.24. The number of non-ortho nitro benzene ring substituents is 1. The first kappa shape index (κ1) is 23.1. The minimum absolute atomic E-state index is 0.0438. The van der Waals surface area contributed by atoms with Gasteiger partial charge in [0.1, 0.15) is 0 Å². The van der Waals surface area contributed by atoms with Gasteiger partial charge in [-0.25, -0.2) is 0 Å². The summed E-state index contributed by atoms with van der Waals surface area (Å²) in [4.78, 5) is 43.7. The molecule has 1 saturated carbocycles. The SMILES string of the molecule is O=C(NC1CCCCC1)[C@H]1Cc2cc([N+](=O)[O-])ccc2N2CCN(CC(=O)N3CCCC3)C[C@H]12. The smallest absolute Gasteiger partial charge is 0.269 e. The van der Waals surface area contributed by atoms with E-state index in [4.69, 9.17) is 0 Å². The molecule has 1 N–H and O–H groups in total. The van der Waals surface area contributed by atoms with Crippen molar-refractivity contribution in [3.05, 3.63) is 33.9 Å². The number of fused-ring (bicyclic) bond motifs is 3. The molecule has 184 valence electrons. The maximum atomic E-state index is 13.5. The van der Waals surface area contributed by atoms with Crippen LogP contribution >= 0.6 is 0 Å². The molecule has 1 aromatic rings. The summed E-state index contributed by atoms with van der Waals surface area (Å²) in [6, 6.07) is 5.20. The van der Waals surface area contributed by atoms with Gasteiger partial charge in [0.2, 0.25) is 11.8 Å². The van der Waals surface area contributed by atoms with Gasteiger partial charge in [0.25, 0.3) is 5.69 Å². The van der Waals surface area contributed by atoms with Gasteiger partial charge in [0, 0.05) is 56.6 Å². The zero-order valence-corrected chi connectivity index (χ0v) is 19.8. The largest absolute Gasteiger partial charge is 0.365 e. The molecule has 5 rings (SSSR count). The molecule has 2 saturated heterocycles. The van der Waals surface area contributed by atoms with Crippen LogP contribution in [0.3, 0.4) is 0 Å². The van der Waals surface area contributed by atoms with Crippen LogP contribution in [0.5, 0.6) is 0 Å². The van der Waals surface area contributed by atoms with Crippen LogP contribution in [0, 0.1) is 16.0 Å². The van der Waals surface area contributed by atoms with Crippen LogP contribution < -0.4 is 10.2 Å². The predicted molar refractivity (Wildman–Crippen MR) is 129 cm³/mol. The first-order chi connectivity index (χ1) is 16.5. The van der Waals surface area contributed by atoms with Crippen LogP contribution in [0.15, 0.2) is 18.2 Å². The van der Waals surface area contributed by atoms with Crippen molar-refractivity contribution in [2.45, 2.75) is 63.5 Å². The number of nitro benzene ring substituents is 1. The molecule has 0 spiro atoms. The van der Waals surface area contributed by atoms with Crippen LogP contribution in [0.2, 0.25) is 0 Å². The number of carbonyl (C=O) groups excluding carboxylic acids is 2. The monoisotopic (exact) mass is 469 g/mol. The van der Waals surface area contributed by atoms with E-state index in [-0.39, 0.29) is 40.4 Å². The number of nitrogens with one attached hydrogen (secondary N) is 1. The molecule has 34 heavy (non-hydrogen) atoms. The van der Waals surface area contributed by atoms with Crippen LogP contribution in [0.1, 0.15) is 50.5 Å². The maximum absolute atomic E-state index is 13.5. The van der Waals surface area contributed by atoms with Gasteiger partial charge < -0.3 is 15.1 Å². The van der Waals surface area contributed by atoms with E-state index in [0.717, 1.165) is 69.4 Å². The second-order valence-electron chi connectivity index (χ2n) is 10.3. The average Bonchev–Trinajstić information content (AvgIpc) is 3.39. The molecular formula is C25H35N5O4. The summed E-state index contributed by atoms with van der Waals surface area (Å²) in [6.07, 6.45) is 8.20. The summed E-state index contributed by atoms with van der Waals surface area (Å²) in [6.45, 7) is 4.19. The molecule has 1 aliphatic carbocycles. The summed E-state index contributed by atoms with van der Waals surface area (Å²) < 4.78 is 0. The van der Waals surface area contributed by atoms with Crippen molar-refractivity contribution in [3.63, 3.8) is 0 Å². The Balaban J connectivity index is 1.36. The van der Waals surface area contributed by atoms with Crippen molar-refractivity contribution in [1.29, 1.82) is 0 Å². The summed E-state index contributed by atoms with van der Waals surface area (Å²) >= 11 is 0. The summed E-state index contributed by atoms with van der Waals surface area (Å²) in [5.74, 6) is -0.0612. The van der Waals surface area contributed by atoms with E-state index in [1.807, 2.05) is 11.0 Å². The van der Waals surface area contributed by atoms with Gasteiger partial charge in [-0.3, -0.25) is 24.6 Å². The highest BCUT2D eigenvalue weighted by atomic mass is 16.6. The second kappa shape index (κ2) is 9.90. The molecule has 1 aromatic carbocycles. The zero-order chi connectivity index (χ0) is 23.7. The topological polar surface area (TPSA) is 99.0 Å². The van der Waals surface area contributed by atoms with E-state index in [1.165, 1.54) is 6.42 Å². The van der Waals surface area contributed by atoms with E-state index in [2.05, 4.69) is 15.1 Å². The maximum Gasteiger partial charge on any atom is 0.269 e. The van der Waals surface area contributed by atoms with E-state index >= 15 is 0 Å². The summed E-state index contributed by atoms with van der Waals surface area (Å²) in [5, 5.41) is 14.7. The number of amides is 2. The molecule has 9 heteroatoms. The van der Waals surface area contributed by atoms with E-state index in [9.17, 15) is 19.7 Å². The zero-order valence-electron chi connectivity index (χ0n) is 19.8. The van der Waals surface area contributed by atoms with Gasteiger partial charge >= 0.3 is 0 Å². The van der Waals surface area contributed by atoms with Crippen LogP contribution in [0.25, 0.3) is 0 Å². The van der Waals surface area contributed by atoms with E-state index < -0.39 is 0 Å². The molecule has 0 unspecified atom stereocenters. The van der Waals surface area contributed by atoms with Crippen LogP contribution in [-0.4, -0.2) is 77.9 Å². The van der Waals surface area contributed by atoms with Gasteiger partial charge in [-0.2, -0.15) is 0 Å². The number of nitrogens with zero attached hydrogens (tertiary/aromatic N) is 4. The first-order valence-electron chi connectivity index (χ1n) is 12.8. The lowest BCUT2D eigenvalue weighted by Gasteiger charge is -2.49. The number of nitro groups is 1. The molecule has 0 aromatic heterocycles. The second-order valence-corrected chi connectivity index (χ2v) is 10.3. The van der Waals surface area contributed by atoms with Crippen LogP contribution in [-0.2, 0) is 16.0 Å². The van der Waals surface area contributed by atoms with Crippen LogP contribution in [0.4, 0.5) is 11.4 Å². The number of hydrogen-bond donors (Lipinski definition) is 1. The number of benzene rings is 1. The molecule has 2 atom stereocenters. The fourth-order valence-electron chi connectivity index (χ4n) is 6.24. The summed E-state index contributed by atoms with van der Waals surface area (Å²) in [7, 11) is 0. The highest BCUT2D eigenvalue weighted by Gasteiger charge is 2.43. The Bertz CT molecular complexity index is 941. The van der Waals surface area contributed by atoms with Crippen molar-refractivity contribution in [1.82, 2.24) is 15.1 Å². The third-order valence-corrected chi connectivity index (χ3v) is 8.10. The van der Waals surface area contributed by atoms with Gasteiger partial charge in [-0.05, 0) is 43.7 Å². The number of piperazine rings is 1. The third kappa shape index (κ3) is 4.76. The molecule has 3 heterocycles. The average molecular weight is 470 g/mol. The van der Waals surface area contributed by atoms with Gasteiger partial charge in [0.15, 0.2) is 0 Å². The van der Waals surface area contributed by atoms with Gasteiger partial charge in [-0.1, -0.05) is 19.3 Å². The Morgan fingerprint density at radius 1 is 1.03 bits per heavy atom. The highest BCUT2D eigenvalue weighted by molar-refractivity contribution is 5.83. The molecular weight excluding hydrogens is 434 g/mol. The Labute approximate surface area is 200 Å². The molecule has 9 nitrogen and oxygen atoms in total. The molecule has 3 fully saturated rings. The number of hydrogen-bond acceptors (Lipinski definition) is 6. The highest BCUT2D eigenvalue weighted by Crippen LogP contribution is 2.38. The van der Waals surface area contributed by atoms with Crippen molar-refractivity contribution in [2.24, 2.45) is 5.92 Å². The molecule has 2 amide bonds. The van der Waals surface area contributed by atoms with Gasteiger partial charge in [-0.15, -0.1) is 0 Å². The minimum atomic E-state index is -0.370. The Kier molecular flexibility index (Phi) is 6.72. The van der Waals surface area contributed by atoms with Crippen molar-refractivity contribution < 1.29 is 14.5 Å². The first-order valence-corrected chi connectivity index (χ1v) is 12.8. The number of likely N-dealkylation sites (tertiary alicyclic amines) is 1. The molecule has 0 bridgehead atoms. The Hall–Kier alpha value is -2.68. The summed E-state index contributed by atoms with van der Waals surface area (Å²) in [5.41, 5.74) is 1.93. The van der Waals surface area contributed by atoms with Crippen molar-refractivity contribution in [2.75, 3.05) is 44.2 Å². The third-order valence-electron chi connectivity index (χ3n) is 8.10. The minimum Gasteiger partial charge on any atom is -0.365 e. The normalized spacial score (nSPS) is 25.5. The molecule has 4 aliphatic rings. The standard InChI is InChI=1S/C25H35N5O4/c31-24(28-10-4-5-11-28)17-27-12-13-29-22-9-8-20(30(33)34)14-18(22)15-21(23(29)16-27)25(32)26-19-6-2-1-3-7-19/h8-9,14,19,21,23H,1-7,10-13,15-17H2,(H,26,32)/t21-,23+/m0/s1. The Morgan fingerprint density at radius 2 is 1.79 bits per heavy atom. The number of anilines is 1. The van der Waals surface area contributed by atoms with Crippen molar-refractivity contribution >= 4 is 23.2 Å². The van der Waals surface area contributed by atoms with E-state index in [1.54, 1.807) is 12.1 Å². The quantitative estimate of drug-likeness (QED) is 0.525. The van der Waals surface area contributed by atoms with Gasteiger partial charge in [0.05, 0.1) is 23.4 Å². The number of rotatable bonds is 5. The lowest BCUT2D eigenvalue weighted by molar-refractivity contribution is -0.384. The lowest BCUT2D eigenvalue weighted by atomic mass is 9.82. The molecule has 0 radical (unpaired) electrons. The molecule has 3 aliphatic heterocycles. The number of carbonyl (C=O) groups is 2. The van der Waals surface area contributed by atoms with E-state index in [0.29, 0.717) is 26.1 Å². The van der Waals surface area contributed by atoms with Crippen molar-refractivity contribution in [3.8, 4) is 0 Å².